The molecule has 1 N–H and O–H groups in total. The number of nitrogens with zero attached hydrogens (tertiary/aromatic N) is 4. The molecule has 1 heterocycles. The van der Waals surface area contributed by atoms with Gasteiger partial charge in [-0.2, -0.15) is 13.2 Å². The standard InChI is InChI=1S/C21H17F4N5O3S/c1-11(19(31)26-17-9-8-13(30(32)33)10-15(17)21(23,24)25)34-20-28-27-18(29(20)12-6-7-12)14-4-2-3-5-16(14)22/h2-5,8-12H,6-7H2,1H3,(H,26,31). The second kappa shape index (κ2) is 9.05. The molecular formula is C21H17F4N5O3S. The number of rotatable bonds is 7. The van der Waals surface area contributed by atoms with Gasteiger partial charge in [-0.15, -0.1) is 10.2 Å². The van der Waals surface area contributed by atoms with Gasteiger partial charge in [0, 0.05) is 18.2 Å². The minimum Gasteiger partial charge on any atom is -0.325 e. The van der Waals surface area contributed by atoms with Crippen molar-refractivity contribution in [3.63, 3.8) is 0 Å². The van der Waals surface area contributed by atoms with Crippen LogP contribution < -0.4 is 5.32 Å². The predicted octanol–water partition coefficient (Wildman–Crippen LogP) is 5.47. The molecule has 13 heteroatoms. The molecule has 178 valence electrons. The molecule has 0 aliphatic heterocycles. The molecule has 1 unspecified atom stereocenters. The van der Waals surface area contributed by atoms with Crippen molar-refractivity contribution in [2.24, 2.45) is 0 Å². The predicted molar refractivity (Wildman–Crippen MR) is 116 cm³/mol. The van der Waals surface area contributed by atoms with Crippen LogP contribution in [0.1, 0.15) is 31.4 Å². The van der Waals surface area contributed by atoms with Gasteiger partial charge in [-0.3, -0.25) is 19.5 Å². The Morgan fingerprint density at radius 2 is 1.94 bits per heavy atom. The number of anilines is 1. The third-order valence-corrected chi connectivity index (χ3v) is 6.18. The van der Waals surface area contributed by atoms with Crippen molar-refractivity contribution in [1.29, 1.82) is 0 Å². The lowest BCUT2D eigenvalue weighted by atomic mass is 10.1. The number of carbonyl (C=O) groups excluding carboxylic acids is 1. The Hall–Kier alpha value is -3.48. The summed E-state index contributed by atoms with van der Waals surface area (Å²) < 4.78 is 56.3. The zero-order valence-electron chi connectivity index (χ0n) is 17.5. The fourth-order valence-corrected chi connectivity index (χ4v) is 4.20. The molecule has 8 nitrogen and oxygen atoms in total. The minimum absolute atomic E-state index is 0.0360. The summed E-state index contributed by atoms with van der Waals surface area (Å²) in [6.45, 7) is 1.48. The molecule has 1 saturated carbocycles. The lowest BCUT2D eigenvalue weighted by Gasteiger charge is -2.16. The van der Waals surface area contributed by atoms with E-state index in [0.29, 0.717) is 17.0 Å². The van der Waals surface area contributed by atoms with E-state index in [1.54, 1.807) is 22.8 Å². The van der Waals surface area contributed by atoms with Crippen molar-refractivity contribution in [3.05, 3.63) is 64.0 Å². The van der Waals surface area contributed by atoms with E-state index in [-0.39, 0.29) is 11.6 Å². The van der Waals surface area contributed by atoms with Gasteiger partial charge < -0.3 is 5.32 Å². The zero-order valence-corrected chi connectivity index (χ0v) is 18.4. The van der Waals surface area contributed by atoms with Crippen LogP contribution >= 0.6 is 11.8 Å². The van der Waals surface area contributed by atoms with Gasteiger partial charge in [0.15, 0.2) is 11.0 Å². The number of alkyl halides is 3. The third-order valence-electron chi connectivity index (χ3n) is 5.12. The molecule has 1 aromatic heterocycles. The number of halogens is 4. The van der Waals surface area contributed by atoms with E-state index in [1.807, 2.05) is 0 Å². The van der Waals surface area contributed by atoms with Gasteiger partial charge >= 0.3 is 6.18 Å². The van der Waals surface area contributed by atoms with Crippen molar-refractivity contribution in [2.45, 2.75) is 42.4 Å². The molecule has 4 rings (SSSR count). The second-order valence-corrected chi connectivity index (χ2v) is 8.93. The van der Waals surface area contributed by atoms with Crippen LogP contribution in [0.25, 0.3) is 11.4 Å². The highest BCUT2D eigenvalue weighted by Crippen LogP contribution is 2.42. The number of hydrogen-bond acceptors (Lipinski definition) is 6. The summed E-state index contributed by atoms with van der Waals surface area (Å²) in [7, 11) is 0. The summed E-state index contributed by atoms with van der Waals surface area (Å²) in [5.41, 5.74) is -2.40. The van der Waals surface area contributed by atoms with Gasteiger partial charge in [-0.1, -0.05) is 23.9 Å². The largest absolute Gasteiger partial charge is 0.418 e. The fourth-order valence-electron chi connectivity index (χ4n) is 3.28. The lowest BCUT2D eigenvalue weighted by Crippen LogP contribution is -2.24. The van der Waals surface area contributed by atoms with Crippen LogP contribution in [0.5, 0.6) is 0 Å². The first-order chi connectivity index (χ1) is 16.1. The van der Waals surface area contributed by atoms with Crippen molar-refractivity contribution < 1.29 is 27.3 Å². The number of carbonyl (C=O) groups is 1. The number of nitro benzene ring substituents is 1. The number of nitro groups is 1. The first-order valence-corrected chi connectivity index (χ1v) is 11.0. The SMILES string of the molecule is CC(Sc1nnc(-c2ccccc2F)n1C1CC1)C(=O)Nc1ccc([N+](=O)[O-])cc1C(F)(F)F. The highest BCUT2D eigenvalue weighted by molar-refractivity contribution is 8.00. The van der Waals surface area contributed by atoms with E-state index in [9.17, 15) is 32.5 Å². The number of non-ortho nitro benzene ring substituents is 1. The van der Waals surface area contributed by atoms with Gasteiger partial charge in [0.1, 0.15) is 5.82 Å². The smallest absolute Gasteiger partial charge is 0.325 e. The topological polar surface area (TPSA) is 103 Å². The Morgan fingerprint density at radius 1 is 1.24 bits per heavy atom. The van der Waals surface area contributed by atoms with E-state index < -0.39 is 45.0 Å². The minimum atomic E-state index is -4.91. The number of amides is 1. The number of hydrogen-bond donors (Lipinski definition) is 1. The Balaban J connectivity index is 1.57. The summed E-state index contributed by atoms with van der Waals surface area (Å²) in [4.78, 5) is 22.6. The Kier molecular flexibility index (Phi) is 6.30. The average Bonchev–Trinajstić information content (AvgIpc) is 3.53. The van der Waals surface area contributed by atoms with Gasteiger partial charge in [0.2, 0.25) is 5.91 Å². The van der Waals surface area contributed by atoms with Crippen molar-refractivity contribution in [2.75, 3.05) is 5.32 Å². The Bertz CT molecular complexity index is 1260. The molecular weight excluding hydrogens is 478 g/mol. The van der Waals surface area contributed by atoms with E-state index in [4.69, 9.17) is 0 Å². The fraction of sp³-hybridized carbons (Fsp3) is 0.286. The maximum Gasteiger partial charge on any atom is 0.418 e. The molecule has 1 fully saturated rings. The monoisotopic (exact) mass is 495 g/mol. The normalized spacial score (nSPS) is 14.6. The Labute approximate surface area is 194 Å². The molecule has 1 amide bonds. The first-order valence-electron chi connectivity index (χ1n) is 10.1. The van der Waals surface area contributed by atoms with Crippen molar-refractivity contribution in [1.82, 2.24) is 14.8 Å². The Morgan fingerprint density at radius 3 is 2.56 bits per heavy atom. The van der Waals surface area contributed by atoms with Crippen LogP contribution in [0.4, 0.5) is 28.9 Å². The number of benzene rings is 2. The number of thioether (sulfide) groups is 1. The van der Waals surface area contributed by atoms with Gasteiger partial charge in [0.25, 0.3) is 5.69 Å². The molecule has 0 saturated heterocycles. The highest BCUT2D eigenvalue weighted by Gasteiger charge is 2.36. The number of nitrogens with one attached hydrogen (secondary N) is 1. The summed E-state index contributed by atoms with van der Waals surface area (Å²) >= 11 is 0.974. The van der Waals surface area contributed by atoms with E-state index in [1.165, 1.54) is 13.0 Å². The molecule has 0 radical (unpaired) electrons. The summed E-state index contributed by atoms with van der Waals surface area (Å²) in [6.07, 6.45) is -3.26. The van der Waals surface area contributed by atoms with Crippen LogP contribution in [-0.4, -0.2) is 30.8 Å². The number of aromatic nitrogens is 3. The summed E-state index contributed by atoms with van der Waals surface area (Å²) in [5, 5.41) is 20.7. The van der Waals surface area contributed by atoms with Crippen LogP contribution in [-0.2, 0) is 11.0 Å². The molecule has 1 aliphatic carbocycles. The van der Waals surface area contributed by atoms with Crippen LogP contribution in [0.15, 0.2) is 47.6 Å². The van der Waals surface area contributed by atoms with Gasteiger partial charge in [0.05, 0.1) is 27.0 Å². The molecule has 34 heavy (non-hydrogen) atoms. The average molecular weight is 495 g/mol. The molecule has 0 bridgehead atoms. The van der Waals surface area contributed by atoms with E-state index >= 15 is 0 Å². The molecule has 1 aliphatic rings. The van der Waals surface area contributed by atoms with Crippen LogP contribution in [0, 0.1) is 15.9 Å². The highest BCUT2D eigenvalue weighted by atomic mass is 32.2. The lowest BCUT2D eigenvalue weighted by molar-refractivity contribution is -0.385. The van der Waals surface area contributed by atoms with Gasteiger partial charge in [-0.25, -0.2) is 4.39 Å². The molecule has 2 aromatic carbocycles. The quantitative estimate of drug-likeness (QED) is 0.202. The van der Waals surface area contributed by atoms with Crippen LogP contribution in [0.2, 0.25) is 0 Å². The van der Waals surface area contributed by atoms with Gasteiger partial charge in [-0.05, 0) is 38.0 Å². The van der Waals surface area contributed by atoms with E-state index in [2.05, 4.69) is 15.5 Å². The summed E-state index contributed by atoms with van der Waals surface area (Å²) in [5.74, 6) is -0.926. The summed E-state index contributed by atoms with van der Waals surface area (Å²) in [6, 6.07) is 8.21. The first kappa shape index (κ1) is 23.7. The molecule has 1 atom stereocenters. The second-order valence-electron chi connectivity index (χ2n) is 7.62. The zero-order chi connectivity index (χ0) is 24.6. The maximum absolute atomic E-state index is 14.3. The molecule has 0 spiro atoms. The van der Waals surface area contributed by atoms with Crippen molar-refractivity contribution >= 4 is 29.0 Å². The van der Waals surface area contributed by atoms with E-state index in [0.717, 1.165) is 36.7 Å². The van der Waals surface area contributed by atoms with Crippen LogP contribution in [0.3, 0.4) is 0 Å². The third kappa shape index (κ3) is 4.88. The van der Waals surface area contributed by atoms with Crippen molar-refractivity contribution in [3.8, 4) is 11.4 Å². The molecule has 3 aromatic rings. The maximum atomic E-state index is 14.3.